The summed E-state index contributed by atoms with van der Waals surface area (Å²) in [7, 11) is 2.39. The second-order valence-corrected chi connectivity index (χ2v) is 6.25. The van der Waals surface area contributed by atoms with Crippen LogP contribution in [0.4, 0.5) is 22.1 Å². The van der Waals surface area contributed by atoms with Crippen molar-refractivity contribution >= 4 is 17.8 Å². The van der Waals surface area contributed by atoms with E-state index in [2.05, 4.69) is 0 Å². The van der Waals surface area contributed by atoms with Crippen molar-refractivity contribution < 1.29 is 31.7 Å². The number of rotatable bonds is 2. The van der Waals surface area contributed by atoms with Crippen LogP contribution in [0.15, 0.2) is 12.2 Å². The lowest BCUT2D eigenvalue weighted by Crippen LogP contribution is -2.49. The van der Waals surface area contributed by atoms with Crippen LogP contribution >= 0.6 is 0 Å². The Morgan fingerprint density at radius 3 is 2.08 bits per heavy atom. The van der Waals surface area contributed by atoms with Gasteiger partial charge in [-0.05, 0) is 22.8 Å². The molecule has 2 fully saturated rings. The molecule has 4 amide bonds. The van der Waals surface area contributed by atoms with Crippen LogP contribution in [0.25, 0.3) is 0 Å². The van der Waals surface area contributed by atoms with Gasteiger partial charge in [-0.2, -0.15) is 4.90 Å². The molecule has 1 saturated carbocycles. The van der Waals surface area contributed by atoms with Gasteiger partial charge in [0, 0.05) is 14.1 Å². The standard InChI is InChI=1S/C14H16F4N3O3/c1-19(2)13(20(6-15)14(16,17)18)24-21-11(22)9-7-3-4-8(5-7)10(9)12(21)23/h3-4,7-10H,5-6H2,1-2H3/q+1. The number of halogens is 4. The third-order valence-electron chi connectivity index (χ3n) is 4.64. The summed E-state index contributed by atoms with van der Waals surface area (Å²) in [6.45, 7) is -1.91. The van der Waals surface area contributed by atoms with Gasteiger partial charge in [0.15, 0.2) is 6.80 Å². The predicted molar refractivity (Wildman–Crippen MR) is 72.5 cm³/mol. The van der Waals surface area contributed by atoms with Crippen molar-refractivity contribution in [2.45, 2.75) is 12.7 Å². The van der Waals surface area contributed by atoms with Crippen molar-refractivity contribution in [2.75, 3.05) is 20.9 Å². The van der Waals surface area contributed by atoms with Crippen molar-refractivity contribution in [2.24, 2.45) is 23.7 Å². The molecule has 2 bridgehead atoms. The number of carbonyl (C=O) groups excluding carboxylic acids is 3. The Hall–Kier alpha value is -2.13. The Balaban J connectivity index is 1.94. The minimum absolute atomic E-state index is 0.104. The number of amides is 4. The van der Waals surface area contributed by atoms with Gasteiger partial charge in [0.2, 0.25) is 0 Å². The third kappa shape index (κ3) is 2.35. The fraction of sp³-hybridized carbons (Fsp3) is 0.643. The summed E-state index contributed by atoms with van der Waals surface area (Å²) in [4.78, 5) is 25.1. The molecule has 0 spiro atoms. The number of fused-ring (bicyclic) bond motifs is 5. The lowest BCUT2D eigenvalue weighted by molar-refractivity contribution is -0.358. The second-order valence-electron chi connectivity index (χ2n) is 6.25. The summed E-state index contributed by atoms with van der Waals surface area (Å²) in [6, 6.07) is -0.980. The molecule has 1 aliphatic heterocycles. The summed E-state index contributed by atoms with van der Waals surface area (Å²) in [6.07, 6.45) is -0.679. The van der Waals surface area contributed by atoms with Crippen LogP contribution in [0.1, 0.15) is 6.42 Å². The fourth-order valence-electron chi connectivity index (χ4n) is 3.65. The maximum Gasteiger partial charge on any atom is 0.562 e. The highest BCUT2D eigenvalue weighted by atomic mass is 19.4. The summed E-state index contributed by atoms with van der Waals surface area (Å²) in [5.41, 5.74) is 0. The maximum atomic E-state index is 12.9. The average Bonchev–Trinajstić information content (AvgIpc) is 3.14. The largest absolute Gasteiger partial charge is 0.562 e. The monoisotopic (exact) mass is 350 g/mol. The van der Waals surface area contributed by atoms with E-state index in [1.807, 2.05) is 12.2 Å². The number of hydrogen-bond acceptors (Lipinski definition) is 2. The van der Waals surface area contributed by atoms with Crippen LogP contribution in [0.2, 0.25) is 0 Å². The number of allylic oxidation sites excluding steroid dienone is 2. The molecule has 3 aliphatic rings. The molecule has 0 aromatic heterocycles. The van der Waals surface area contributed by atoms with Crippen LogP contribution in [0.3, 0.4) is 0 Å². The van der Waals surface area contributed by atoms with E-state index in [-0.39, 0.29) is 11.8 Å². The Morgan fingerprint density at radius 2 is 1.71 bits per heavy atom. The van der Waals surface area contributed by atoms with Crippen LogP contribution in [0, 0.1) is 23.7 Å². The van der Waals surface area contributed by atoms with Gasteiger partial charge in [0.1, 0.15) is 0 Å². The highest BCUT2D eigenvalue weighted by molar-refractivity contribution is 6.05. The molecule has 0 aromatic carbocycles. The first-order valence-electron chi connectivity index (χ1n) is 7.35. The Morgan fingerprint density at radius 1 is 1.21 bits per heavy atom. The molecule has 0 radical (unpaired) electrons. The first kappa shape index (κ1) is 16.7. The number of imide groups is 1. The summed E-state index contributed by atoms with van der Waals surface area (Å²) < 4.78 is 56.6. The van der Waals surface area contributed by atoms with Crippen molar-refractivity contribution in [3.8, 4) is 0 Å². The molecule has 4 atom stereocenters. The van der Waals surface area contributed by atoms with Crippen molar-refractivity contribution in [1.82, 2.24) is 14.9 Å². The molecule has 0 aromatic rings. The van der Waals surface area contributed by atoms with Gasteiger partial charge in [-0.3, -0.25) is 14.5 Å². The SMILES string of the molecule is CN(C)C(=[O+]N1C(=O)C2C3C=CC(C3)C2C1=O)N(CF)C(F)(F)F. The van der Waals surface area contributed by atoms with E-state index in [0.717, 1.165) is 4.90 Å². The third-order valence-corrected chi connectivity index (χ3v) is 4.64. The zero-order valence-corrected chi connectivity index (χ0v) is 13.0. The number of alkyl halides is 4. The molecule has 3 rings (SSSR count). The van der Waals surface area contributed by atoms with Gasteiger partial charge in [-0.25, -0.2) is 4.39 Å². The highest BCUT2D eigenvalue weighted by Gasteiger charge is 2.64. The average molecular weight is 350 g/mol. The lowest BCUT2D eigenvalue weighted by atomic mass is 9.85. The predicted octanol–water partition coefficient (Wildman–Crippen LogP) is 1.67. The second kappa shape index (κ2) is 5.45. The van der Waals surface area contributed by atoms with Crippen LogP contribution in [0.5, 0.6) is 0 Å². The van der Waals surface area contributed by atoms with Crippen LogP contribution < -0.4 is 0 Å². The van der Waals surface area contributed by atoms with Crippen LogP contribution in [-0.4, -0.2) is 59.9 Å². The molecule has 6 nitrogen and oxygen atoms in total. The maximum absolute atomic E-state index is 12.9. The zero-order valence-electron chi connectivity index (χ0n) is 13.0. The Labute approximate surface area is 134 Å². The van der Waals surface area contributed by atoms with E-state index in [4.69, 9.17) is 4.53 Å². The first-order valence-corrected chi connectivity index (χ1v) is 7.35. The van der Waals surface area contributed by atoms with E-state index in [1.165, 1.54) is 14.1 Å². The highest BCUT2D eigenvalue weighted by Crippen LogP contribution is 2.53. The topological polar surface area (TPSA) is 55.2 Å². The number of carbonyl (C=O) groups is 2. The van der Waals surface area contributed by atoms with E-state index < -0.39 is 47.7 Å². The first-order chi connectivity index (χ1) is 11.2. The minimum atomic E-state index is -5.06. The van der Waals surface area contributed by atoms with Gasteiger partial charge in [-0.1, -0.05) is 12.2 Å². The number of hydroxylamine groups is 2. The van der Waals surface area contributed by atoms with E-state index in [9.17, 15) is 27.2 Å². The fourth-order valence-corrected chi connectivity index (χ4v) is 3.65. The number of urea groups is 1. The summed E-state index contributed by atoms with van der Waals surface area (Å²) in [5, 5.41) is 0.352. The minimum Gasteiger partial charge on any atom is -0.278 e. The smallest absolute Gasteiger partial charge is 0.278 e. The normalized spacial score (nSPS) is 31.9. The molecule has 10 heteroatoms. The van der Waals surface area contributed by atoms with Crippen molar-refractivity contribution in [3.05, 3.63) is 12.2 Å². The van der Waals surface area contributed by atoms with Gasteiger partial charge < -0.3 is 0 Å². The zero-order chi connectivity index (χ0) is 17.8. The van der Waals surface area contributed by atoms with Gasteiger partial charge >= 0.3 is 24.1 Å². The van der Waals surface area contributed by atoms with E-state index >= 15 is 0 Å². The molecule has 132 valence electrons. The summed E-state index contributed by atoms with van der Waals surface area (Å²) >= 11 is 0. The van der Waals surface area contributed by atoms with Crippen LogP contribution in [-0.2, 0) is 9.59 Å². The van der Waals surface area contributed by atoms with Gasteiger partial charge in [-0.15, -0.1) is 13.2 Å². The molecule has 0 N–H and O–H groups in total. The molecular weight excluding hydrogens is 334 g/mol. The van der Waals surface area contributed by atoms with E-state index in [1.54, 1.807) is 0 Å². The lowest BCUT2D eigenvalue weighted by Gasteiger charge is -2.20. The quantitative estimate of drug-likeness (QED) is 0.250. The Bertz CT molecular complexity index is 601. The molecular formula is C14H16F4N3O3+. The Kier molecular flexibility index (Phi) is 3.80. The molecule has 2 aliphatic carbocycles. The number of hydrogen-bond donors (Lipinski definition) is 0. The summed E-state index contributed by atoms with van der Waals surface area (Å²) in [5.74, 6) is -2.79. The van der Waals surface area contributed by atoms with Crippen molar-refractivity contribution in [1.29, 1.82) is 0 Å². The van der Waals surface area contributed by atoms with Crippen molar-refractivity contribution in [3.63, 3.8) is 0 Å². The van der Waals surface area contributed by atoms with Gasteiger partial charge in [0.05, 0.1) is 16.9 Å². The number of nitrogens with zero attached hydrogens (tertiary/aromatic N) is 3. The van der Waals surface area contributed by atoms with Gasteiger partial charge in [0.25, 0.3) is 0 Å². The molecule has 1 saturated heterocycles. The van der Waals surface area contributed by atoms with E-state index in [0.29, 0.717) is 11.5 Å². The molecule has 1 heterocycles. The molecule has 24 heavy (non-hydrogen) atoms. The molecule has 4 unspecified atom stereocenters.